The van der Waals surface area contributed by atoms with Gasteiger partial charge in [-0.1, -0.05) is 87.3 Å². The van der Waals surface area contributed by atoms with E-state index in [-0.39, 0.29) is 5.41 Å². The van der Waals surface area contributed by atoms with Gasteiger partial charge in [0.25, 0.3) is 0 Å². The van der Waals surface area contributed by atoms with E-state index in [4.69, 9.17) is 0 Å². The normalized spacial score (nSPS) is 15.6. The minimum Gasteiger partial charge on any atom is -0.200 e. The Kier molecular flexibility index (Phi) is 5.47. The molecule has 192 valence electrons. The van der Waals surface area contributed by atoms with Crippen LogP contribution in [-0.4, -0.2) is 0 Å². The van der Waals surface area contributed by atoms with E-state index in [9.17, 15) is 0 Å². The van der Waals surface area contributed by atoms with Crippen LogP contribution in [0.15, 0.2) is 64.5 Å². The van der Waals surface area contributed by atoms with Gasteiger partial charge in [-0.05, 0) is 88.7 Å². The molecule has 2 heterocycles. The van der Waals surface area contributed by atoms with E-state index in [1.54, 1.807) is 5.56 Å². The predicted octanol–water partition coefficient (Wildman–Crippen LogP) is 9.97. The number of aryl methyl sites for hydroxylation is 3. The third-order valence-electron chi connectivity index (χ3n) is 8.99. The van der Waals surface area contributed by atoms with Gasteiger partial charge in [-0.2, -0.15) is 0 Å². The fourth-order valence-corrected chi connectivity index (χ4v) is 8.69. The highest BCUT2D eigenvalue weighted by molar-refractivity contribution is 8.00. The summed E-state index contributed by atoms with van der Waals surface area (Å²) >= 11 is 2.02. The van der Waals surface area contributed by atoms with Gasteiger partial charge >= 0.3 is 0 Å². The molecule has 1 aromatic heterocycles. The first kappa shape index (κ1) is 24.2. The van der Waals surface area contributed by atoms with Crippen LogP contribution < -0.4 is 4.57 Å². The predicted molar refractivity (Wildman–Crippen MR) is 164 cm³/mol. The van der Waals surface area contributed by atoms with Crippen LogP contribution in [0.5, 0.6) is 0 Å². The standard InChI is InChI=1S/C36H38NS/c1-21-14-15-26-28(18-21)22(2)31-34-33-27(16-17-37(34)6)32-24(12-9-13-25(32)23-10-7-8-11-23)19-30(33)38-35(31)29(26)20-36(3,4)5/h9,12-19,23H,7-8,10-11,20H2,1-6H3/q+1. The molecule has 1 aliphatic heterocycles. The second kappa shape index (κ2) is 8.58. The number of benzene rings is 4. The monoisotopic (exact) mass is 516 g/mol. The Bertz CT molecular complexity index is 1780. The second-order valence-electron chi connectivity index (χ2n) is 13.1. The first-order valence-electron chi connectivity index (χ1n) is 14.3. The Labute approximate surface area is 231 Å². The maximum atomic E-state index is 2.50. The molecule has 0 N–H and O–H groups in total. The molecule has 0 atom stereocenters. The van der Waals surface area contributed by atoms with E-state index >= 15 is 0 Å². The summed E-state index contributed by atoms with van der Waals surface area (Å²) in [5.74, 6) is 0.695. The molecule has 38 heavy (non-hydrogen) atoms. The second-order valence-corrected chi connectivity index (χ2v) is 14.1. The highest BCUT2D eigenvalue weighted by Crippen LogP contribution is 2.54. The molecule has 2 heteroatoms. The van der Waals surface area contributed by atoms with Crippen molar-refractivity contribution in [3.63, 3.8) is 0 Å². The van der Waals surface area contributed by atoms with Crippen molar-refractivity contribution in [2.75, 3.05) is 0 Å². The van der Waals surface area contributed by atoms with E-state index < -0.39 is 0 Å². The Hall–Kier alpha value is -2.84. The van der Waals surface area contributed by atoms with E-state index in [2.05, 4.69) is 101 Å². The minimum absolute atomic E-state index is 0.204. The molecule has 0 amide bonds. The third-order valence-corrected chi connectivity index (χ3v) is 10.2. The fourth-order valence-electron chi connectivity index (χ4n) is 7.32. The van der Waals surface area contributed by atoms with Crippen LogP contribution in [-0.2, 0) is 13.5 Å². The first-order valence-corrected chi connectivity index (χ1v) is 15.1. The zero-order chi connectivity index (χ0) is 26.3. The summed E-state index contributed by atoms with van der Waals surface area (Å²) in [6.07, 6.45) is 8.76. The van der Waals surface area contributed by atoms with Gasteiger partial charge in [-0.25, -0.2) is 4.57 Å². The van der Waals surface area contributed by atoms with Gasteiger partial charge in [0, 0.05) is 21.2 Å². The molecule has 1 aliphatic carbocycles. The van der Waals surface area contributed by atoms with Crippen LogP contribution in [0.4, 0.5) is 0 Å². The number of fused-ring (bicyclic) bond motifs is 5. The fraction of sp³-hybridized carbons (Fsp3) is 0.361. The summed E-state index contributed by atoms with van der Waals surface area (Å²) in [6, 6.07) is 19.0. The molecule has 0 spiro atoms. The Balaban J connectivity index is 1.63. The lowest BCUT2D eigenvalue weighted by Crippen LogP contribution is -2.32. The lowest BCUT2D eigenvalue weighted by atomic mass is 9.82. The van der Waals surface area contributed by atoms with E-state index in [0.717, 1.165) is 6.42 Å². The molecular weight excluding hydrogens is 478 g/mol. The quantitative estimate of drug-likeness (QED) is 0.164. The highest BCUT2D eigenvalue weighted by Gasteiger charge is 2.34. The maximum absolute atomic E-state index is 2.50. The van der Waals surface area contributed by atoms with Crippen LogP contribution in [0.3, 0.4) is 0 Å². The SMILES string of the molecule is Cc1ccc2c(CC(C)(C)C)c3c(c(C)c2c1)-c1c2c(cc4cccc(C5CCCC5)c4c2cc[n+]1C)S3. The van der Waals surface area contributed by atoms with E-state index in [1.807, 2.05) is 11.8 Å². The lowest BCUT2D eigenvalue weighted by Gasteiger charge is -2.28. The summed E-state index contributed by atoms with van der Waals surface area (Å²) in [6.45, 7) is 11.7. The van der Waals surface area contributed by atoms with Crippen LogP contribution in [0.1, 0.15) is 74.6 Å². The minimum atomic E-state index is 0.204. The molecule has 0 unspecified atom stereocenters. The molecule has 1 nitrogen and oxygen atoms in total. The van der Waals surface area contributed by atoms with Crippen molar-refractivity contribution in [2.24, 2.45) is 12.5 Å². The Morgan fingerprint density at radius 2 is 1.68 bits per heavy atom. The van der Waals surface area contributed by atoms with Gasteiger partial charge in [0.05, 0.1) is 10.9 Å². The Morgan fingerprint density at radius 3 is 2.45 bits per heavy atom. The molecule has 7 rings (SSSR count). The molecule has 2 aliphatic rings. The van der Waals surface area contributed by atoms with Crippen molar-refractivity contribution in [2.45, 2.75) is 82.4 Å². The number of hydrogen-bond donors (Lipinski definition) is 0. The van der Waals surface area contributed by atoms with Gasteiger partial charge < -0.3 is 0 Å². The van der Waals surface area contributed by atoms with Crippen LogP contribution in [0, 0.1) is 19.3 Å². The summed E-state index contributed by atoms with van der Waals surface area (Å²) in [5.41, 5.74) is 8.89. The number of nitrogens with zero attached hydrogens (tertiary/aromatic N) is 1. The van der Waals surface area contributed by atoms with Crippen molar-refractivity contribution in [1.29, 1.82) is 0 Å². The van der Waals surface area contributed by atoms with Crippen molar-refractivity contribution in [1.82, 2.24) is 0 Å². The summed E-state index contributed by atoms with van der Waals surface area (Å²) in [5, 5.41) is 8.62. The van der Waals surface area contributed by atoms with Gasteiger partial charge in [-0.3, -0.25) is 0 Å². The molecule has 0 saturated heterocycles. The third kappa shape index (κ3) is 3.63. The Morgan fingerprint density at radius 1 is 0.895 bits per heavy atom. The smallest absolute Gasteiger partial charge is 0.200 e. The zero-order valence-corrected chi connectivity index (χ0v) is 24.5. The molecule has 0 bridgehead atoms. The maximum Gasteiger partial charge on any atom is 0.222 e. The molecule has 1 saturated carbocycles. The van der Waals surface area contributed by atoms with Crippen LogP contribution >= 0.6 is 11.8 Å². The molecule has 0 radical (unpaired) electrons. The summed E-state index contributed by atoms with van der Waals surface area (Å²) in [4.78, 5) is 2.88. The highest BCUT2D eigenvalue weighted by atomic mass is 32.2. The number of aromatic nitrogens is 1. The largest absolute Gasteiger partial charge is 0.222 e. The van der Waals surface area contributed by atoms with Gasteiger partial charge in [0.1, 0.15) is 7.05 Å². The number of hydrogen-bond acceptors (Lipinski definition) is 1. The van der Waals surface area contributed by atoms with Gasteiger partial charge in [-0.15, -0.1) is 0 Å². The van der Waals surface area contributed by atoms with E-state index in [1.165, 1.54) is 95.7 Å². The van der Waals surface area contributed by atoms with Gasteiger partial charge in [0.15, 0.2) is 6.20 Å². The summed E-state index contributed by atoms with van der Waals surface area (Å²) < 4.78 is 2.39. The van der Waals surface area contributed by atoms with Crippen molar-refractivity contribution >= 4 is 44.1 Å². The van der Waals surface area contributed by atoms with Crippen LogP contribution in [0.2, 0.25) is 0 Å². The summed E-state index contributed by atoms with van der Waals surface area (Å²) in [7, 11) is 2.24. The molecular formula is C36H38NS+. The molecule has 4 aromatic carbocycles. The van der Waals surface area contributed by atoms with E-state index in [0.29, 0.717) is 5.92 Å². The topological polar surface area (TPSA) is 3.88 Å². The average molecular weight is 517 g/mol. The van der Waals surface area contributed by atoms with Crippen molar-refractivity contribution in [3.05, 3.63) is 77.0 Å². The average Bonchev–Trinajstić information content (AvgIpc) is 3.41. The number of rotatable bonds is 2. The lowest BCUT2D eigenvalue weighted by molar-refractivity contribution is -0.659. The van der Waals surface area contributed by atoms with Crippen LogP contribution in [0.25, 0.3) is 43.6 Å². The van der Waals surface area contributed by atoms with Gasteiger partial charge in [0.2, 0.25) is 5.69 Å². The van der Waals surface area contributed by atoms with Crippen molar-refractivity contribution in [3.8, 4) is 11.3 Å². The zero-order valence-electron chi connectivity index (χ0n) is 23.7. The molecule has 1 fully saturated rings. The van der Waals surface area contributed by atoms with Crippen molar-refractivity contribution < 1.29 is 4.57 Å². The molecule has 5 aromatic rings. The first-order chi connectivity index (χ1) is 18.2. The number of pyridine rings is 1.